The molecule has 4 nitrogen and oxygen atoms in total. The molecule has 0 heterocycles. The summed E-state index contributed by atoms with van der Waals surface area (Å²) in [6.45, 7) is 8.17. The molecule has 0 aliphatic heterocycles. The maximum Gasteiger partial charge on any atom is 0.243 e. The zero-order valence-electron chi connectivity index (χ0n) is 20.8. The number of rotatable bonds is 9. The van der Waals surface area contributed by atoms with Gasteiger partial charge in [-0.3, -0.25) is 9.59 Å². The van der Waals surface area contributed by atoms with Crippen LogP contribution in [-0.2, 0) is 22.6 Å². The van der Waals surface area contributed by atoms with E-state index in [0.717, 1.165) is 16.0 Å². The van der Waals surface area contributed by atoms with Gasteiger partial charge in [0, 0.05) is 28.4 Å². The fraction of sp³-hybridized carbons (Fsp3) is 0.310. The molecule has 3 aromatic carbocycles. The molecule has 184 valence electrons. The summed E-state index contributed by atoms with van der Waals surface area (Å²) in [7, 11) is 0. The van der Waals surface area contributed by atoms with Crippen molar-refractivity contribution in [2.45, 2.75) is 57.1 Å². The van der Waals surface area contributed by atoms with Gasteiger partial charge < -0.3 is 10.2 Å². The molecule has 3 rings (SSSR count). The van der Waals surface area contributed by atoms with Crippen LogP contribution in [0.4, 0.5) is 0 Å². The molecule has 6 heteroatoms. The first-order valence-corrected chi connectivity index (χ1v) is 13.1. The van der Waals surface area contributed by atoms with Crippen LogP contribution in [0, 0.1) is 6.92 Å². The highest BCUT2D eigenvalue weighted by atomic mass is 35.5. The average molecular weight is 509 g/mol. The molecule has 1 unspecified atom stereocenters. The van der Waals surface area contributed by atoms with Crippen LogP contribution in [0.5, 0.6) is 0 Å². The van der Waals surface area contributed by atoms with Crippen molar-refractivity contribution >= 4 is 35.2 Å². The third-order valence-corrected chi connectivity index (χ3v) is 6.63. The van der Waals surface area contributed by atoms with E-state index >= 15 is 0 Å². The molecule has 2 amide bonds. The number of carbonyl (C=O) groups is 2. The topological polar surface area (TPSA) is 49.4 Å². The van der Waals surface area contributed by atoms with Gasteiger partial charge in [0.2, 0.25) is 11.8 Å². The molecule has 0 bridgehead atoms. The summed E-state index contributed by atoms with van der Waals surface area (Å²) in [5.41, 5.74) is 2.63. The van der Waals surface area contributed by atoms with Crippen molar-refractivity contribution in [3.8, 4) is 0 Å². The second-order valence-electron chi connectivity index (χ2n) is 9.70. The first-order chi connectivity index (χ1) is 16.6. The molecule has 0 aliphatic carbocycles. The van der Waals surface area contributed by atoms with E-state index in [9.17, 15) is 9.59 Å². The number of hydrogen-bond donors (Lipinski definition) is 1. The second-order valence-corrected chi connectivity index (χ2v) is 11.2. The van der Waals surface area contributed by atoms with Crippen molar-refractivity contribution in [3.63, 3.8) is 0 Å². The molecule has 0 spiro atoms. The molecule has 1 atom stereocenters. The molecule has 0 saturated heterocycles. The first-order valence-electron chi connectivity index (χ1n) is 11.7. The molecule has 0 aromatic heterocycles. The number of halogens is 1. The van der Waals surface area contributed by atoms with Crippen LogP contribution in [0.15, 0.2) is 83.8 Å². The third kappa shape index (κ3) is 8.75. The summed E-state index contributed by atoms with van der Waals surface area (Å²) in [5.74, 6) is -0.0323. The number of thioether (sulfide) groups is 1. The van der Waals surface area contributed by atoms with Crippen LogP contribution in [-0.4, -0.2) is 34.0 Å². The normalized spacial score (nSPS) is 12.1. The van der Waals surface area contributed by atoms with Crippen LogP contribution in [0.3, 0.4) is 0 Å². The lowest BCUT2D eigenvalue weighted by atomic mass is 10.0. The zero-order valence-corrected chi connectivity index (χ0v) is 22.3. The fourth-order valence-electron chi connectivity index (χ4n) is 3.70. The Labute approximate surface area is 218 Å². The lowest BCUT2D eigenvalue weighted by molar-refractivity contribution is -0.140. The van der Waals surface area contributed by atoms with Gasteiger partial charge in [-0.1, -0.05) is 71.8 Å². The van der Waals surface area contributed by atoms with Gasteiger partial charge in [0.05, 0.1) is 5.75 Å². The van der Waals surface area contributed by atoms with Crippen molar-refractivity contribution in [1.29, 1.82) is 0 Å². The Kier molecular flexibility index (Phi) is 9.41. The van der Waals surface area contributed by atoms with E-state index in [2.05, 4.69) is 5.32 Å². The van der Waals surface area contributed by atoms with E-state index in [1.54, 1.807) is 11.0 Å². The van der Waals surface area contributed by atoms with Crippen molar-refractivity contribution in [2.75, 3.05) is 5.75 Å². The Morgan fingerprint density at radius 1 is 0.943 bits per heavy atom. The Balaban J connectivity index is 1.92. The standard InChI is InChI=1S/C29H33ClN2O2S/c1-21-13-15-25(16-14-21)35-20-27(33)32(19-23-11-8-12-24(30)17-23)26(28(34)31-29(2,3)4)18-22-9-6-5-7-10-22/h5-17,26H,18-20H2,1-4H3,(H,31,34). The predicted molar refractivity (Wildman–Crippen MR) is 146 cm³/mol. The van der Waals surface area contributed by atoms with E-state index in [1.165, 1.54) is 17.3 Å². The van der Waals surface area contributed by atoms with Crippen LogP contribution in [0.1, 0.15) is 37.5 Å². The molecule has 3 aromatic rings. The molecule has 0 fully saturated rings. The van der Waals surface area contributed by atoms with Crippen molar-refractivity contribution in [2.24, 2.45) is 0 Å². The SMILES string of the molecule is Cc1ccc(SCC(=O)N(Cc2cccc(Cl)c2)C(Cc2ccccc2)C(=O)NC(C)(C)C)cc1. The smallest absolute Gasteiger partial charge is 0.243 e. The van der Waals surface area contributed by atoms with Crippen molar-refractivity contribution in [1.82, 2.24) is 10.2 Å². The number of nitrogens with one attached hydrogen (secondary N) is 1. The largest absolute Gasteiger partial charge is 0.350 e. The van der Waals surface area contributed by atoms with Gasteiger partial charge in [0.15, 0.2) is 0 Å². The minimum atomic E-state index is -0.665. The molecule has 35 heavy (non-hydrogen) atoms. The van der Waals surface area contributed by atoms with Gasteiger partial charge in [-0.2, -0.15) is 0 Å². The van der Waals surface area contributed by atoms with Crippen LogP contribution in [0.2, 0.25) is 5.02 Å². The lowest BCUT2D eigenvalue weighted by Crippen LogP contribution is -2.54. The third-order valence-electron chi connectivity index (χ3n) is 5.39. The van der Waals surface area contributed by atoms with Crippen molar-refractivity contribution < 1.29 is 9.59 Å². The fourth-order valence-corrected chi connectivity index (χ4v) is 4.70. The first kappa shape index (κ1) is 26.8. The maximum absolute atomic E-state index is 13.7. The quantitative estimate of drug-likeness (QED) is 0.345. The minimum Gasteiger partial charge on any atom is -0.350 e. The van der Waals surface area contributed by atoms with E-state index in [-0.39, 0.29) is 17.6 Å². The Morgan fingerprint density at radius 2 is 1.60 bits per heavy atom. The molecule has 1 N–H and O–H groups in total. The summed E-state index contributed by atoms with van der Waals surface area (Å²) in [6, 6.07) is 24.7. The maximum atomic E-state index is 13.7. The summed E-state index contributed by atoms with van der Waals surface area (Å²) < 4.78 is 0. The van der Waals surface area contributed by atoms with E-state index < -0.39 is 11.6 Å². The molecular weight excluding hydrogens is 476 g/mol. The van der Waals surface area contributed by atoms with Crippen LogP contribution >= 0.6 is 23.4 Å². The minimum absolute atomic E-state index is 0.0967. The van der Waals surface area contributed by atoms with Gasteiger partial charge in [0.1, 0.15) is 6.04 Å². The van der Waals surface area contributed by atoms with Gasteiger partial charge in [-0.25, -0.2) is 0 Å². The van der Waals surface area contributed by atoms with E-state index in [1.807, 2.05) is 100 Å². The summed E-state index contributed by atoms with van der Waals surface area (Å²) >= 11 is 7.71. The molecular formula is C29H33ClN2O2S. The van der Waals surface area contributed by atoms with Gasteiger partial charge in [-0.15, -0.1) is 11.8 Å². The number of carbonyl (C=O) groups excluding carboxylic acids is 2. The van der Waals surface area contributed by atoms with Crippen LogP contribution in [0.25, 0.3) is 0 Å². The second kappa shape index (κ2) is 12.3. The number of nitrogens with zero attached hydrogens (tertiary/aromatic N) is 1. The van der Waals surface area contributed by atoms with E-state index in [0.29, 0.717) is 18.0 Å². The number of aryl methyl sites for hydroxylation is 1. The summed E-state index contributed by atoms with van der Waals surface area (Å²) in [4.78, 5) is 29.9. The Hall–Kier alpha value is -2.76. The number of benzene rings is 3. The van der Waals surface area contributed by atoms with Gasteiger partial charge in [0.25, 0.3) is 0 Å². The zero-order chi connectivity index (χ0) is 25.4. The number of amides is 2. The van der Waals surface area contributed by atoms with Gasteiger partial charge >= 0.3 is 0 Å². The predicted octanol–water partition coefficient (Wildman–Crippen LogP) is 6.30. The Morgan fingerprint density at radius 3 is 2.23 bits per heavy atom. The average Bonchev–Trinajstić information content (AvgIpc) is 2.80. The monoisotopic (exact) mass is 508 g/mol. The summed E-state index contributed by atoms with van der Waals surface area (Å²) in [6.07, 6.45) is 0.421. The number of hydrogen-bond acceptors (Lipinski definition) is 3. The highest BCUT2D eigenvalue weighted by Crippen LogP contribution is 2.22. The molecule has 0 radical (unpaired) electrons. The van der Waals surface area contributed by atoms with E-state index in [4.69, 9.17) is 11.6 Å². The Bertz CT molecular complexity index is 1130. The lowest BCUT2D eigenvalue weighted by Gasteiger charge is -2.34. The molecule has 0 aliphatic rings. The van der Waals surface area contributed by atoms with Gasteiger partial charge in [-0.05, 0) is 63.1 Å². The van der Waals surface area contributed by atoms with Crippen molar-refractivity contribution in [3.05, 3.63) is 101 Å². The molecule has 0 saturated carbocycles. The highest BCUT2D eigenvalue weighted by molar-refractivity contribution is 8.00. The summed E-state index contributed by atoms with van der Waals surface area (Å²) in [5, 5.41) is 3.69. The highest BCUT2D eigenvalue weighted by Gasteiger charge is 2.32. The van der Waals surface area contributed by atoms with Crippen LogP contribution < -0.4 is 5.32 Å².